The fourth-order valence-electron chi connectivity index (χ4n) is 2.33. The quantitative estimate of drug-likeness (QED) is 0.809. The molecule has 0 bridgehead atoms. The average Bonchev–Trinajstić information content (AvgIpc) is 2.93. The van der Waals surface area contributed by atoms with Gasteiger partial charge in [-0.15, -0.1) is 12.4 Å². The van der Waals surface area contributed by atoms with Crippen LogP contribution in [0.4, 0.5) is 0 Å². The van der Waals surface area contributed by atoms with Gasteiger partial charge in [-0.3, -0.25) is 14.5 Å². The van der Waals surface area contributed by atoms with Crippen LogP contribution in [0.2, 0.25) is 0 Å². The normalized spacial score (nSPS) is 12.0. The summed E-state index contributed by atoms with van der Waals surface area (Å²) in [5.41, 5.74) is 0.815. The van der Waals surface area contributed by atoms with E-state index in [9.17, 15) is 9.59 Å². The van der Waals surface area contributed by atoms with Gasteiger partial charge in [-0.1, -0.05) is 25.1 Å². The van der Waals surface area contributed by atoms with Crippen molar-refractivity contribution in [3.05, 3.63) is 36.1 Å². The molecule has 23 heavy (non-hydrogen) atoms. The second-order valence-electron chi connectivity index (χ2n) is 5.10. The lowest BCUT2D eigenvalue weighted by molar-refractivity contribution is -0.138. The number of halogens is 1. The number of likely N-dealkylation sites (N-methyl/N-ethyl adjacent to an activating group) is 1. The van der Waals surface area contributed by atoms with E-state index in [1.54, 1.807) is 0 Å². The summed E-state index contributed by atoms with van der Waals surface area (Å²) in [6.45, 7) is 4.32. The van der Waals surface area contributed by atoms with Crippen molar-refractivity contribution in [2.45, 2.75) is 19.9 Å². The number of rotatable bonds is 7. The molecule has 7 heteroatoms. The van der Waals surface area contributed by atoms with Crippen LogP contribution < -0.4 is 5.32 Å². The highest BCUT2D eigenvalue weighted by Crippen LogP contribution is 2.26. The van der Waals surface area contributed by atoms with Gasteiger partial charge in [0.25, 0.3) is 0 Å². The van der Waals surface area contributed by atoms with E-state index < -0.39 is 5.97 Å². The highest BCUT2D eigenvalue weighted by Gasteiger charge is 2.20. The van der Waals surface area contributed by atoms with E-state index in [-0.39, 0.29) is 37.4 Å². The summed E-state index contributed by atoms with van der Waals surface area (Å²) in [6.07, 6.45) is 0. The molecule has 0 saturated carbocycles. The number of carbonyl (C=O) groups excluding carboxylic acids is 1. The first-order valence-corrected chi connectivity index (χ1v) is 7.22. The molecule has 0 aliphatic carbocycles. The van der Waals surface area contributed by atoms with E-state index in [1.807, 2.05) is 49.1 Å². The molecule has 0 aliphatic rings. The molecule has 2 rings (SSSR count). The van der Waals surface area contributed by atoms with Gasteiger partial charge in [0.05, 0.1) is 12.6 Å². The van der Waals surface area contributed by atoms with Gasteiger partial charge in [-0.05, 0) is 25.6 Å². The molecule has 1 heterocycles. The lowest BCUT2D eigenvalue weighted by Gasteiger charge is -2.25. The largest absolute Gasteiger partial charge is 0.480 e. The Morgan fingerprint density at radius 2 is 2.04 bits per heavy atom. The molecule has 2 N–H and O–H groups in total. The van der Waals surface area contributed by atoms with Crippen molar-refractivity contribution in [3.8, 4) is 0 Å². The van der Waals surface area contributed by atoms with E-state index in [0.717, 1.165) is 16.7 Å². The Labute approximate surface area is 140 Å². The Bertz CT molecular complexity index is 638. The number of aliphatic carboxylic acids is 1. The summed E-state index contributed by atoms with van der Waals surface area (Å²) in [5, 5.41) is 12.0. The number of fused-ring (bicyclic) bond motifs is 1. The fourth-order valence-corrected chi connectivity index (χ4v) is 2.33. The maximum Gasteiger partial charge on any atom is 0.322 e. The van der Waals surface area contributed by atoms with Crippen LogP contribution >= 0.6 is 12.4 Å². The smallest absolute Gasteiger partial charge is 0.322 e. The van der Waals surface area contributed by atoms with Gasteiger partial charge < -0.3 is 14.8 Å². The SMILES string of the molecule is CCN(CC(=O)NCC(=O)O)C(C)c1cc2ccccc2o1.Cl. The minimum Gasteiger partial charge on any atom is -0.480 e. The summed E-state index contributed by atoms with van der Waals surface area (Å²) in [5.74, 6) is -0.581. The van der Waals surface area contributed by atoms with Crippen molar-refractivity contribution in [1.29, 1.82) is 0 Å². The topological polar surface area (TPSA) is 82.8 Å². The molecule has 1 unspecified atom stereocenters. The maximum atomic E-state index is 11.8. The standard InChI is InChI=1S/C16H20N2O4.ClH/c1-3-18(10-15(19)17-9-16(20)21)11(2)14-8-12-6-4-5-7-13(12)22-14;/h4-8,11H,3,9-10H2,1-2H3,(H,17,19)(H,20,21);1H. The third-order valence-corrected chi connectivity index (χ3v) is 3.59. The van der Waals surface area contributed by atoms with Crippen molar-refractivity contribution in [2.24, 2.45) is 0 Å². The summed E-state index contributed by atoms with van der Waals surface area (Å²) >= 11 is 0. The number of carboxylic acid groups (broad SMARTS) is 1. The number of nitrogens with one attached hydrogen (secondary N) is 1. The zero-order valence-corrected chi connectivity index (χ0v) is 13.9. The number of nitrogens with zero attached hydrogens (tertiary/aromatic N) is 1. The summed E-state index contributed by atoms with van der Waals surface area (Å²) in [7, 11) is 0. The minimum atomic E-state index is -1.05. The summed E-state index contributed by atoms with van der Waals surface area (Å²) in [4.78, 5) is 24.2. The third-order valence-electron chi connectivity index (χ3n) is 3.59. The van der Waals surface area contributed by atoms with E-state index >= 15 is 0 Å². The fraction of sp³-hybridized carbons (Fsp3) is 0.375. The lowest BCUT2D eigenvalue weighted by Crippen LogP contribution is -2.40. The van der Waals surface area contributed by atoms with Gasteiger partial charge >= 0.3 is 5.97 Å². The number of hydrogen-bond acceptors (Lipinski definition) is 4. The molecule has 1 aromatic heterocycles. The van der Waals surface area contributed by atoms with Crippen molar-refractivity contribution in [1.82, 2.24) is 10.2 Å². The molecule has 1 aromatic carbocycles. The molecular formula is C16H21ClN2O4. The molecule has 0 aliphatic heterocycles. The second-order valence-corrected chi connectivity index (χ2v) is 5.10. The van der Waals surface area contributed by atoms with Gasteiger partial charge in [0.1, 0.15) is 17.9 Å². The highest BCUT2D eigenvalue weighted by atomic mass is 35.5. The van der Waals surface area contributed by atoms with E-state index in [0.29, 0.717) is 6.54 Å². The predicted molar refractivity (Wildman–Crippen MR) is 89.8 cm³/mol. The van der Waals surface area contributed by atoms with Gasteiger partial charge in [0, 0.05) is 5.39 Å². The first-order valence-electron chi connectivity index (χ1n) is 7.22. The minimum absolute atomic E-state index is 0. The Balaban J connectivity index is 0.00000264. The molecule has 1 atom stereocenters. The third kappa shape index (κ3) is 4.97. The molecule has 6 nitrogen and oxygen atoms in total. The van der Waals surface area contributed by atoms with Gasteiger partial charge in [0.2, 0.25) is 5.91 Å². The first-order chi connectivity index (χ1) is 10.5. The number of amides is 1. The monoisotopic (exact) mass is 340 g/mol. The Kier molecular flexibility index (Phi) is 7.06. The number of hydrogen-bond donors (Lipinski definition) is 2. The molecule has 0 spiro atoms. The van der Waals surface area contributed by atoms with Crippen LogP contribution in [0.1, 0.15) is 25.6 Å². The predicted octanol–water partition coefficient (Wildman–Crippen LogP) is 2.44. The van der Waals surface area contributed by atoms with Crippen molar-refractivity contribution in [3.63, 3.8) is 0 Å². The molecule has 126 valence electrons. The number of para-hydroxylation sites is 1. The lowest BCUT2D eigenvalue weighted by atomic mass is 10.2. The Morgan fingerprint density at radius 1 is 1.35 bits per heavy atom. The number of furan rings is 1. The van der Waals surface area contributed by atoms with Crippen LogP contribution in [0.3, 0.4) is 0 Å². The molecule has 2 aromatic rings. The van der Waals surface area contributed by atoms with Crippen LogP contribution in [0.25, 0.3) is 11.0 Å². The Hall–Kier alpha value is -2.05. The average molecular weight is 341 g/mol. The number of benzene rings is 1. The van der Waals surface area contributed by atoms with Crippen molar-refractivity contribution >= 4 is 35.3 Å². The second kappa shape index (κ2) is 8.55. The van der Waals surface area contributed by atoms with Crippen LogP contribution in [0.5, 0.6) is 0 Å². The van der Waals surface area contributed by atoms with E-state index in [1.165, 1.54) is 0 Å². The zero-order chi connectivity index (χ0) is 16.1. The summed E-state index contributed by atoms with van der Waals surface area (Å²) < 4.78 is 5.82. The molecular weight excluding hydrogens is 320 g/mol. The van der Waals surface area contributed by atoms with Crippen LogP contribution in [0.15, 0.2) is 34.7 Å². The number of carboxylic acids is 1. The van der Waals surface area contributed by atoms with Gasteiger partial charge in [-0.2, -0.15) is 0 Å². The zero-order valence-electron chi connectivity index (χ0n) is 13.1. The van der Waals surface area contributed by atoms with Crippen LogP contribution in [-0.2, 0) is 9.59 Å². The van der Waals surface area contributed by atoms with Gasteiger partial charge in [0.15, 0.2) is 0 Å². The molecule has 0 radical (unpaired) electrons. The van der Waals surface area contributed by atoms with Crippen LogP contribution in [-0.4, -0.2) is 41.5 Å². The molecule has 0 fully saturated rings. The first kappa shape index (κ1) is 19.0. The molecule has 0 saturated heterocycles. The van der Waals surface area contributed by atoms with E-state index in [2.05, 4.69) is 5.32 Å². The highest BCUT2D eigenvalue weighted by molar-refractivity contribution is 5.85. The van der Waals surface area contributed by atoms with Crippen LogP contribution in [0, 0.1) is 0 Å². The Morgan fingerprint density at radius 3 is 2.65 bits per heavy atom. The number of carbonyl (C=O) groups is 2. The van der Waals surface area contributed by atoms with Crippen molar-refractivity contribution < 1.29 is 19.1 Å². The van der Waals surface area contributed by atoms with E-state index in [4.69, 9.17) is 9.52 Å². The maximum absolute atomic E-state index is 11.8. The van der Waals surface area contributed by atoms with Gasteiger partial charge in [-0.25, -0.2) is 0 Å². The summed E-state index contributed by atoms with van der Waals surface area (Å²) in [6, 6.07) is 9.64. The molecule has 1 amide bonds. The van der Waals surface area contributed by atoms with Crippen molar-refractivity contribution in [2.75, 3.05) is 19.6 Å².